The molecule has 1 fully saturated rings. The standard InChI is InChI=1S/C10H20N2O/c1-2-3-5-9-8-10(13)12-7-4-6-11-9/h9,11H,2-8H2,1H3,(H,12,13). The number of carbonyl (C=O) groups excluding carboxylic acids is 1. The van der Waals surface area contributed by atoms with Gasteiger partial charge < -0.3 is 10.6 Å². The van der Waals surface area contributed by atoms with E-state index in [1.165, 1.54) is 12.8 Å². The third kappa shape index (κ3) is 4.27. The van der Waals surface area contributed by atoms with E-state index in [-0.39, 0.29) is 5.91 Å². The fraction of sp³-hybridized carbons (Fsp3) is 0.900. The molecule has 1 atom stereocenters. The van der Waals surface area contributed by atoms with Gasteiger partial charge in [0.05, 0.1) is 0 Å². The number of amides is 1. The molecule has 3 heteroatoms. The van der Waals surface area contributed by atoms with Gasteiger partial charge in [-0.1, -0.05) is 19.8 Å². The molecule has 0 aromatic heterocycles. The molecule has 1 amide bonds. The molecule has 76 valence electrons. The van der Waals surface area contributed by atoms with Crippen LogP contribution in [0.2, 0.25) is 0 Å². The Balaban J connectivity index is 2.28. The summed E-state index contributed by atoms with van der Waals surface area (Å²) in [4.78, 5) is 11.3. The van der Waals surface area contributed by atoms with Crippen molar-refractivity contribution >= 4 is 5.91 Å². The first-order chi connectivity index (χ1) is 6.33. The number of rotatable bonds is 3. The Morgan fingerprint density at radius 1 is 1.46 bits per heavy atom. The fourth-order valence-electron chi connectivity index (χ4n) is 1.65. The van der Waals surface area contributed by atoms with Gasteiger partial charge in [-0.05, 0) is 19.4 Å². The van der Waals surface area contributed by atoms with Gasteiger partial charge in [-0.3, -0.25) is 4.79 Å². The predicted molar refractivity (Wildman–Crippen MR) is 53.6 cm³/mol. The molecule has 2 N–H and O–H groups in total. The van der Waals surface area contributed by atoms with E-state index in [4.69, 9.17) is 0 Å². The van der Waals surface area contributed by atoms with Crippen molar-refractivity contribution in [1.82, 2.24) is 10.6 Å². The van der Waals surface area contributed by atoms with Crippen LogP contribution in [0.1, 0.15) is 39.0 Å². The van der Waals surface area contributed by atoms with Gasteiger partial charge in [-0.2, -0.15) is 0 Å². The highest BCUT2D eigenvalue weighted by Crippen LogP contribution is 2.05. The van der Waals surface area contributed by atoms with Crippen LogP contribution in [0.3, 0.4) is 0 Å². The summed E-state index contributed by atoms with van der Waals surface area (Å²) < 4.78 is 0. The Kier molecular flexibility index (Phi) is 4.83. The summed E-state index contributed by atoms with van der Waals surface area (Å²) in [6.45, 7) is 4.05. The quantitative estimate of drug-likeness (QED) is 0.688. The minimum absolute atomic E-state index is 0.202. The molecule has 3 nitrogen and oxygen atoms in total. The molecule has 1 unspecified atom stereocenters. The lowest BCUT2D eigenvalue weighted by molar-refractivity contribution is -0.121. The zero-order valence-corrected chi connectivity index (χ0v) is 8.44. The van der Waals surface area contributed by atoms with Gasteiger partial charge in [0.2, 0.25) is 5.91 Å². The Bertz CT molecular complexity index is 157. The molecule has 1 aliphatic heterocycles. The van der Waals surface area contributed by atoms with E-state index in [0.717, 1.165) is 25.9 Å². The van der Waals surface area contributed by atoms with Gasteiger partial charge in [0.25, 0.3) is 0 Å². The molecule has 1 rings (SSSR count). The van der Waals surface area contributed by atoms with Crippen LogP contribution in [0.4, 0.5) is 0 Å². The summed E-state index contributed by atoms with van der Waals surface area (Å²) in [5.74, 6) is 0.202. The Morgan fingerprint density at radius 3 is 3.08 bits per heavy atom. The minimum Gasteiger partial charge on any atom is -0.356 e. The lowest BCUT2D eigenvalue weighted by atomic mass is 10.1. The second kappa shape index (κ2) is 5.97. The molecule has 0 aromatic rings. The Morgan fingerprint density at radius 2 is 2.31 bits per heavy atom. The number of hydrogen-bond donors (Lipinski definition) is 2. The van der Waals surface area contributed by atoms with Crippen LogP contribution in [-0.4, -0.2) is 25.0 Å². The first-order valence-corrected chi connectivity index (χ1v) is 5.33. The van der Waals surface area contributed by atoms with Crippen molar-refractivity contribution in [2.24, 2.45) is 0 Å². The van der Waals surface area contributed by atoms with Crippen LogP contribution in [0.5, 0.6) is 0 Å². The summed E-state index contributed by atoms with van der Waals surface area (Å²) in [5, 5.41) is 6.34. The number of carbonyl (C=O) groups is 1. The fourth-order valence-corrected chi connectivity index (χ4v) is 1.65. The average molecular weight is 184 g/mol. The van der Waals surface area contributed by atoms with Crippen molar-refractivity contribution < 1.29 is 4.79 Å². The van der Waals surface area contributed by atoms with Crippen molar-refractivity contribution in [3.05, 3.63) is 0 Å². The molecule has 0 spiro atoms. The van der Waals surface area contributed by atoms with Gasteiger partial charge in [-0.25, -0.2) is 0 Å². The summed E-state index contributed by atoms with van der Waals surface area (Å²) in [7, 11) is 0. The van der Waals surface area contributed by atoms with E-state index in [0.29, 0.717) is 12.5 Å². The molecule has 0 saturated carbocycles. The largest absolute Gasteiger partial charge is 0.356 e. The molecule has 13 heavy (non-hydrogen) atoms. The zero-order chi connectivity index (χ0) is 9.52. The van der Waals surface area contributed by atoms with Crippen LogP contribution >= 0.6 is 0 Å². The molecule has 1 aliphatic rings. The van der Waals surface area contributed by atoms with Crippen molar-refractivity contribution in [1.29, 1.82) is 0 Å². The number of nitrogens with one attached hydrogen (secondary N) is 2. The van der Waals surface area contributed by atoms with Gasteiger partial charge in [0.15, 0.2) is 0 Å². The van der Waals surface area contributed by atoms with Gasteiger partial charge in [0, 0.05) is 19.0 Å². The van der Waals surface area contributed by atoms with E-state index < -0.39 is 0 Å². The zero-order valence-electron chi connectivity index (χ0n) is 8.44. The van der Waals surface area contributed by atoms with Crippen LogP contribution in [0, 0.1) is 0 Å². The smallest absolute Gasteiger partial charge is 0.221 e. The summed E-state index contributed by atoms with van der Waals surface area (Å²) in [6.07, 6.45) is 5.25. The third-order valence-electron chi connectivity index (χ3n) is 2.45. The van der Waals surface area contributed by atoms with E-state index in [9.17, 15) is 4.79 Å². The third-order valence-corrected chi connectivity index (χ3v) is 2.45. The minimum atomic E-state index is 0.202. The normalized spacial score (nSPS) is 24.7. The summed E-state index contributed by atoms with van der Waals surface area (Å²) in [6, 6.07) is 0.403. The lowest BCUT2D eigenvalue weighted by Gasteiger charge is -2.21. The summed E-state index contributed by atoms with van der Waals surface area (Å²) in [5.41, 5.74) is 0. The van der Waals surface area contributed by atoms with Crippen LogP contribution < -0.4 is 10.6 Å². The lowest BCUT2D eigenvalue weighted by Crippen LogP contribution is -2.40. The summed E-state index contributed by atoms with van der Waals surface area (Å²) >= 11 is 0. The maximum Gasteiger partial charge on any atom is 0.221 e. The monoisotopic (exact) mass is 184 g/mol. The SMILES string of the molecule is CCCCC1CC(=O)NCCCN1. The van der Waals surface area contributed by atoms with Crippen molar-refractivity contribution in [3.8, 4) is 0 Å². The molecule has 0 radical (unpaired) electrons. The van der Waals surface area contributed by atoms with E-state index in [1.54, 1.807) is 0 Å². The van der Waals surface area contributed by atoms with E-state index in [2.05, 4.69) is 17.6 Å². The van der Waals surface area contributed by atoms with Crippen molar-refractivity contribution in [2.75, 3.05) is 13.1 Å². The second-order valence-corrected chi connectivity index (χ2v) is 3.70. The molecule has 0 aromatic carbocycles. The van der Waals surface area contributed by atoms with Crippen LogP contribution in [-0.2, 0) is 4.79 Å². The molecule has 0 bridgehead atoms. The highest BCUT2D eigenvalue weighted by molar-refractivity contribution is 5.76. The topological polar surface area (TPSA) is 41.1 Å². The first kappa shape index (κ1) is 10.5. The Labute approximate surface area is 80.3 Å². The molecular weight excluding hydrogens is 164 g/mol. The Hall–Kier alpha value is -0.570. The molecule has 1 saturated heterocycles. The van der Waals surface area contributed by atoms with Crippen molar-refractivity contribution in [2.45, 2.75) is 45.1 Å². The number of unbranched alkanes of at least 4 members (excludes halogenated alkanes) is 1. The maximum atomic E-state index is 11.3. The van der Waals surface area contributed by atoms with Crippen LogP contribution in [0.25, 0.3) is 0 Å². The average Bonchev–Trinajstić information content (AvgIpc) is 2.09. The van der Waals surface area contributed by atoms with Gasteiger partial charge in [0.1, 0.15) is 0 Å². The maximum absolute atomic E-state index is 11.3. The molecule has 0 aliphatic carbocycles. The van der Waals surface area contributed by atoms with Gasteiger partial charge >= 0.3 is 0 Å². The van der Waals surface area contributed by atoms with Crippen molar-refractivity contribution in [3.63, 3.8) is 0 Å². The molecule has 1 heterocycles. The highest BCUT2D eigenvalue weighted by Gasteiger charge is 2.14. The number of hydrogen-bond acceptors (Lipinski definition) is 2. The molecular formula is C10H20N2O. The van der Waals surface area contributed by atoms with Gasteiger partial charge in [-0.15, -0.1) is 0 Å². The van der Waals surface area contributed by atoms with E-state index in [1.807, 2.05) is 0 Å². The van der Waals surface area contributed by atoms with E-state index >= 15 is 0 Å². The highest BCUT2D eigenvalue weighted by atomic mass is 16.1. The predicted octanol–water partition coefficient (Wildman–Crippen LogP) is 1.04. The van der Waals surface area contributed by atoms with Crippen LogP contribution in [0.15, 0.2) is 0 Å². The second-order valence-electron chi connectivity index (χ2n) is 3.70. The first-order valence-electron chi connectivity index (χ1n) is 5.33.